The number of H-pyrrole nitrogens is 1. The minimum absolute atomic E-state index is 0.124. The number of benzene rings is 2. The topological polar surface area (TPSA) is 67.0 Å². The van der Waals surface area contributed by atoms with Crippen LogP contribution in [0.2, 0.25) is 0 Å². The van der Waals surface area contributed by atoms with Gasteiger partial charge in [0.15, 0.2) is 6.10 Å². The molecule has 0 bridgehead atoms. The number of ether oxygens (including phenoxy) is 1. The summed E-state index contributed by atoms with van der Waals surface area (Å²) in [6.07, 6.45) is 1.90. The Kier molecular flexibility index (Phi) is 3.98. The Balaban J connectivity index is 1.42. The maximum Gasteiger partial charge on any atom is 0.262 e. The zero-order valence-corrected chi connectivity index (χ0v) is 13.9. The van der Waals surface area contributed by atoms with E-state index in [0.29, 0.717) is 6.42 Å². The molecule has 0 radical (unpaired) electrons. The van der Waals surface area contributed by atoms with Gasteiger partial charge in [0.1, 0.15) is 11.6 Å². The lowest BCUT2D eigenvalue weighted by molar-refractivity contribution is -0.127. The standard InChI is InChI=1S/C20H19N3O2/c1-13(19-21-12-16(23-19)14-7-3-2-4-8-14)22-20(24)18-11-15-9-5-6-10-17(15)25-18/h2-10,12-13,18H,11H2,1H3,(H,21,23)(H,22,24)/t13-,18-/m0/s1. The van der Waals surface area contributed by atoms with E-state index in [1.807, 2.05) is 61.5 Å². The summed E-state index contributed by atoms with van der Waals surface area (Å²) in [4.78, 5) is 20.2. The van der Waals surface area contributed by atoms with Gasteiger partial charge in [0, 0.05) is 6.42 Å². The molecule has 0 unspecified atom stereocenters. The number of rotatable bonds is 4. The Labute approximate surface area is 146 Å². The first-order valence-electron chi connectivity index (χ1n) is 8.36. The molecular weight excluding hydrogens is 314 g/mol. The number of para-hydroxylation sites is 1. The molecule has 1 aliphatic heterocycles. The normalized spacial score (nSPS) is 16.8. The maximum atomic E-state index is 12.5. The zero-order valence-electron chi connectivity index (χ0n) is 13.9. The molecule has 126 valence electrons. The van der Waals surface area contributed by atoms with Crippen LogP contribution < -0.4 is 10.1 Å². The summed E-state index contributed by atoms with van der Waals surface area (Å²) in [5.41, 5.74) is 3.07. The Morgan fingerprint density at radius 2 is 1.96 bits per heavy atom. The highest BCUT2D eigenvalue weighted by Crippen LogP contribution is 2.28. The molecular formula is C20H19N3O2. The van der Waals surface area contributed by atoms with Gasteiger partial charge in [0.2, 0.25) is 0 Å². The Hall–Kier alpha value is -3.08. The smallest absolute Gasteiger partial charge is 0.262 e. The van der Waals surface area contributed by atoms with Gasteiger partial charge in [-0.1, -0.05) is 48.5 Å². The second-order valence-electron chi connectivity index (χ2n) is 6.20. The summed E-state index contributed by atoms with van der Waals surface area (Å²) >= 11 is 0. The monoisotopic (exact) mass is 333 g/mol. The molecule has 5 nitrogen and oxygen atoms in total. The van der Waals surface area contributed by atoms with Crippen LogP contribution in [0.3, 0.4) is 0 Å². The minimum Gasteiger partial charge on any atom is -0.480 e. The van der Waals surface area contributed by atoms with Crippen LogP contribution in [0.4, 0.5) is 0 Å². The van der Waals surface area contributed by atoms with Crippen LogP contribution in [0.5, 0.6) is 5.75 Å². The van der Waals surface area contributed by atoms with Gasteiger partial charge in [-0.3, -0.25) is 4.79 Å². The van der Waals surface area contributed by atoms with Gasteiger partial charge in [0.25, 0.3) is 5.91 Å². The van der Waals surface area contributed by atoms with Gasteiger partial charge in [-0.05, 0) is 24.1 Å². The minimum atomic E-state index is -0.483. The molecule has 0 fully saturated rings. The first kappa shape index (κ1) is 15.4. The summed E-state index contributed by atoms with van der Waals surface area (Å²) in [5, 5.41) is 2.98. The van der Waals surface area contributed by atoms with E-state index in [2.05, 4.69) is 15.3 Å². The van der Waals surface area contributed by atoms with Crippen molar-refractivity contribution in [1.82, 2.24) is 15.3 Å². The number of imidazole rings is 1. The third kappa shape index (κ3) is 3.13. The fourth-order valence-electron chi connectivity index (χ4n) is 3.02. The molecule has 2 atom stereocenters. The molecule has 0 spiro atoms. The van der Waals surface area contributed by atoms with Crippen molar-refractivity contribution in [2.75, 3.05) is 0 Å². The number of hydrogen-bond donors (Lipinski definition) is 2. The van der Waals surface area contributed by atoms with Crippen molar-refractivity contribution >= 4 is 5.91 Å². The maximum absolute atomic E-state index is 12.5. The first-order chi connectivity index (χ1) is 12.2. The molecule has 1 aromatic heterocycles. The number of nitrogens with one attached hydrogen (secondary N) is 2. The number of amides is 1. The molecule has 25 heavy (non-hydrogen) atoms. The third-order valence-electron chi connectivity index (χ3n) is 4.39. The molecule has 1 aliphatic rings. The highest BCUT2D eigenvalue weighted by Gasteiger charge is 2.30. The second kappa shape index (κ2) is 6.43. The molecule has 0 saturated carbocycles. The van der Waals surface area contributed by atoms with Crippen molar-refractivity contribution in [3.8, 4) is 17.0 Å². The number of hydrogen-bond acceptors (Lipinski definition) is 3. The molecule has 2 N–H and O–H groups in total. The van der Waals surface area contributed by atoms with E-state index in [1.165, 1.54) is 0 Å². The molecule has 3 aromatic rings. The van der Waals surface area contributed by atoms with E-state index in [4.69, 9.17) is 4.74 Å². The van der Waals surface area contributed by atoms with Crippen LogP contribution in [0, 0.1) is 0 Å². The zero-order chi connectivity index (χ0) is 17.2. The van der Waals surface area contributed by atoms with Gasteiger partial charge >= 0.3 is 0 Å². The van der Waals surface area contributed by atoms with Crippen LogP contribution in [0.1, 0.15) is 24.4 Å². The van der Waals surface area contributed by atoms with Gasteiger partial charge in [-0.25, -0.2) is 4.98 Å². The number of fused-ring (bicyclic) bond motifs is 1. The van der Waals surface area contributed by atoms with Crippen LogP contribution >= 0.6 is 0 Å². The third-order valence-corrected chi connectivity index (χ3v) is 4.39. The van der Waals surface area contributed by atoms with E-state index in [9.17, 15) is 4.79 Å². The van der Waals surface area contributed by atoms with Crippen molar-refractivity contribution in [2.45, 2.75) is 25.5 Å². The fraction of sp³-hybridized carbons (Fsp3) is 0.200. The van der Waals surface area contributed by atoms with Crippen molar-refractivity contribution in [2.24, 2.45) is 0 Å². The van der Waals surface area contributed by atoms with E-state index in [0.717, 1.165) is 28.4 Å². The first-order valence-corrected chi connectivity index (χ1v) is 8.36. The van der Waals surface area contributed by atoms with Crippen LogP contribution in [0.25, 0.3) is 11.3 Å². The average molecular weight is 333 g/mol. The van der Waals surface area contributed by atoms with E-state index in [-0.39, 0.29) is 11.9 Å². The number of carbonyl (C=O) groups excluding carboxylic acids is 1. The number of aromatic amines is 1. The molecule has 1 amide bonds. The quantitative estimate of drug-likeness (QED) is 0.770. The summed E-state index contributed by atoms with van der Waals surface area (Å²) in [6.45, 7) is 1.91. The van der Waals surface area contributed by atoms with Gasteiger partial charge in [0.05, 0.1) is 17.9 Å². The summed E-state index contributed by atoms with van der Waals surface area (Å²) in [6, 6.07) is 17.5. The second-order valence-corrected chi connectivity index (χ2v) is 6.20. The van der Waals surface area contributed by atoms with Crippen LogP contribution in [-0.4, -0.2) is 22.0 Å². The van der Waals surface area contributed by atoms with Gasteiger partial charge in [-0.15, -0.1) is 0 Å². The average Bonchev–Trinajstić information content (AvgIpc) is 3.29. The highest BCUT2D eigenvalue weighted by molar-refractivity contribution is 5.82. The van der Waals surface area contributed by atoms with Crippen molar-refractivity contribution < 1.29 is 9.53 Å². The largest absolute Gasteiger partial charge is 0.480 e. The lowest BCUT2D eigenvalue weighted by Gasteiger charge is -2.15. The Bertz CT molecular complexity index is 864. The van der Waals surface area contributed by atoms with Crippen LogP contribution in [0.15, 0.2) is 60.8 Å². The number of nitrogens with zero attached hydrogens (tertiary/aromatic N) is 1. The SMILES string of the molecule is C[C@H](NC(=O)[C@@H]1Cc2ccccc2O1)c1ncc(-c2ccccc2)[nH]1. The van der Waals surface area contributed by atoms with E-state index < -0.39 is 6.10 Å². The van der Waals surface area contributed by atoms with E-state index >= 15 is 0 Å². The predicted octanol–water partition coefficient (Wildman–Crippen LogP) is 3.26. The molecule has 4 rings (SSSR count). The van der Waals surface area contributed by atoms with E-state index in [1.54, 1.807) is 6.20 Å². The fourth-order valence-corrected chi connectivity index (χ4v) is 3.02. The molecule has 0 aliphatic carbocycles. The summed E-state index contributed by atoms with van der Waals surface area (Å²) in [5.74, 6) is 1.39. The van der Waals surface area contributed by atoms with Crippen molar-refractivity contribution in [3.63, 3.8) is 0 Å². The molecule has 2 heterocycles. The van der Waals surface area contributed by atoms with Crippen molar-refractivity contribution in [3.05, 3.63) is 72.2 Å². The summed E-state index contributed by atoms with van der Waals surface area (Å²) < 4.78 is 5.74. The van der Waals surface area contributed by atoms with Gasteiger partial charge < -0.3 is 15.0 Å². The van der Waals surface area contributed by atoms with Gasteiger partial charge in [-0.2, -0.15) is 0 Å². The molecule has 0 saturated heterocycles. The number of aromatic nitrogens is 2. The summed E-state index contributed by atoms with van der Waals surface area (Å²) in [7, 11) is 0. The predicted molar refractivity (Wildman–Crippen MR) is 95.1 cm³/mol. The Morgan fingerprint density at radius 1 is 1.20 bits per heavy atom. The van der Waals surface area contributed by atoms with Crippen molar-refractivity contribution in [1.29, 1.82) is 0 Å². The molecule has 5 heteroatoms. The lowest BCUT2D eigenvalue weighted by Crippen LogP contribution is -2.39. The molecule has 2 aromatic carbocycles. The highest BCUT2D eigenvalue weighted by atomic mass is 16.5. The van der Waals surface area contributed by atoms with Crippen LogP contribution in [-0.2, 0) is 11.2 Å². The number of carbonyl (C=O) groups is 1. The lowest BCUT2D eigenvalue weighted by atomic mass is 10.1. The Morgan fingerprint density at radius 3 is 2.76 bits per heavy atom.